The number of carbonyl (C=O) groups excluding carboxylic acids is 2. The zero-order valence-electron chi connectivity index (χ0n) is 13.4. The van der Waals surface area contributed by atoms with Gasteiger partial charge in [0.05, 0.1) is 20.0 Å². The summed E-state index contributed by atoms with van der Waals surface area (Å²) in [6, 6.07) is -1.42. The number of esters is 1. The second-order valence-corrected chi connectivity index (χ2v) is 4.69. The molecule has 0 heterocycles. The molecule has 5 nitrogen and oxygen atoms in total. The molecule has 0 aromatic heterocycles. The van der Waals surface area contributed by atoms with E-state index in [1.54, 1.807) is 0 Å². The third-order valence-corrected chi connectivity index (χ3v) is 3.04. The normalized spacial score (nSPS) is 13.2. The Morgan fingerprint density at radius 1 is 1.23 bits per heavy atom. The molecule has 11 heteroatoms. The van der Waals surface area contributed by atoms with Crippen LogP contribution in [0.2, 0.25) is 0 Å². The Labute approximate surface area is 143 Å². The molecule has 0 aliphatic rings. The molecule has 1 N–H and O–H groups in total. The fourth-order valence-corrected chi connectivity index (χ4v) is 1.89. The van der Waals surface area contributed by atoms with Gasteiger partial charge in [0.15, 0.2) is 17.6 Å². The number of carbonyl (C=O) groups is 2. The Bertz CT molecular complexity index is 717. The van der Waals surface area contributed by atoms with E-state index in [0.717, 1.165) is 7.11 Å². The number of benzene rings is 1. The van der Waals surface area contributed by atoms with Crippen LogP contribution >= 0.6 is 0 Å². The van der Waals surface area contributed by atoms with E-state index in [4.69, 9.17) is 0 Å². The van der Waals surface area contributed by atoms with Crippen molar-refractivity contribution >= 4 is 17.4 Å². The van der Waals surface area contributed by atoms with E-state index in [1.165, 1.54) is 12.2 Å². The molecule has 0 aliphatic carbocycles. The second kappa shape index (κ2) is 8.59. The van der Waals surface area contributed by atoms with Crippen molar-refractivity contribution in [1.29, 1.82) is 0 Å². The molecule has 1 aromatic carbocycles. The summed E-state index contributed by atoms with van der Waals surface area (Å²) in [5, 5.41) is 1.22. The maximum atomic E-state index is 14.0. The Morgan fingerprint density at radius 3 is 2.31 bits per heavy atom. The summed E-state index contributed by atoms with van der Waals surface area (Å²) in [5.41, 5.74) is -1.82. The van der Waals surface area contributed by atoms with Crippen LogP contribution in [0.25, 0.3) is 5.57 Å². The average Bonchev–Trinajstić information content (AvgIpc) is 2.55. The van der Waals surface area contributed by atoms with Crippen molar-refractivity contribution < 1.29 is 45.4 Å². The standard InChI is InChI=1S/C15H13F6NO4/c1-3-26-13(23)12(22-14(24)15(19,20)21)8(6-16)7-4-11(25-2)10(18)5-9(7)17/h4-6,12H,3H2,1-2H3,(H,22,24)/b8-6+. The van der Waals surface area contributed by atoms with Gasteiger partial charge >= 0.3 is 18.1 Å². The SMILES string of the molecule is CCOC(=O)C(NC(=O)C(F)(F)F)/C(=C/F)c1cc(OC)c(F)cc1F. The first-order valence-corrected chi connectivity index (χ1v) is 6.94. The highest BCUT2D eigenvalue weighted by atomic mass is 19.4. The number of alkyl halides is 3. The van der Waals surface area contributed by atoms with Crippen LogP contribution in [-0.2, 0) is 14.3 Å². The van der Waals surface area contributed by atoms with Crippen molar-refractivity contribution in [2.75, 3.05) is 13.7 Å². The molecule has 0 bridgehead atoms. The van der Waals surface area contributed by atoms with Crippen molar-refractivity contribution in [3.05, 3.63) is 35.7 Å². The molecule has 0 spiro atoms. The number of rotatable bonds is 6. The highest BCUT2D eigenvalue weighted by Crippen LogP contribution is 2.29. The number of ether oxygens (including phenoxy) is 2. The van der Waals surface area contributed by atoms with E-state index in [0.29, 0.717) is 6.07 Å². The van der Waals surface area contributed by atoms with Crippen molar-refractivity contribution in [2.24, 2.45) is 0 Å². The summed E-state index contributed by atoms with van der Waals surface area (Å²) in [6.45, 7) is 0.993. The number of amides is 1. The minimum absolute atomic E-state index is 0.283. The second-order valence-electron chi connectivity index (χ2n) is 4.69. The van der Waals surface area contributed by atoms with Crippen molar-refractivity contribution in [1.82, 2.24) is 5.32 Å². The summed E-state index contributed by atoms with van der Waals surface area (Å²) in [6.07, 6.45) is -5.79. The molecule has 0 saturated carbocycles. The predicted molar refractivity (Wildman–Crippen MR) is 76.6 cm³/mol. The topological polar surface area (TPSA) is 64.6 Å². The molecule has 0 fully saturated rings. The van der Waals surface area contributed by atoms with Crippen LogP contribution in [0, 0.1) is 11.6 Å². The largest absolute Gasteiger partial charge is 0.494 e. The molecule has 0 saturated heterocycles. The summed E-state index contributed by atoms with van der Waals surface area (Å²) < 4.78 is 87.2. The van der Waals surface area contributed by atoms with Gasteiger partial charge < -0.3 is 14.8 Å². The molecule has 0 aliphatic heterocycles. The number of halogens is 6. The lowest BCUT2D eigenvalue weighted by Crippen LogP contribution is -2.48. The minimum Gasteiger partial charge on any atom is -0.494 e. The Balaban J connectivity index is 3.42. The Morgan fingerprint density at radius 2 is 1.85 bits per heavy atom. The predicted octanol–water partition coefficient (Wildman–Crippen LogP) is 2.89. The van der Waals surface area contributed by atoms with Gasteiger partial charge in [-0.05, 0) is 13.0 Å². The van der Waals surface area contributed by atoms with Gasteiger partial charge in [-0.25, -0.2) is 18.0 Å². The first-order chi connectivity index (χ1) is 12.1. The lowest BCUT2D eigenvalue weighted by Gasteiger charge is -2.21. The molecule has 1 rings (SSSR count). The van der Waals surface area contributed by atoms with Gasteiger partial charge in [-0.3, -0.25) is 4.79 Å². The van der Waals surface area contributed by atoms with Gasteiger partial charge in [-0.15, -0.1) is 0 Å². The van der Waals surface area contributed by atoms with Crippen LogP contribution in [-0.4, -0.2) is 37.8 Å². The zero-order valence-corrected chi connectivity index (χ0v) is 13.4. The first kappa shape index (κ1) is 21.3. The van der Waals surface area contributed by atoms with Crippen LogP contribution < -0.4 is 10.1 Å². The van der Waals surface area contributed by atoms with Crippen LogP contribution in [0.5, 0.6) is 5.75 Å². The smallest absolute Gasteiger partial charge is 0.471 e. The van der Waals surface area contributed by atoms with Gasteiger partial charge in [0.2, 0.25) is 0 Å². The molecule has 1 aromatic rings. The Kier molecular flexibility index (Phi) is 7.04. The van der Waals surface area contributed by atoms with Crippen LogP contribution in [0.1, 0.15) is 12.5 Å². The molecular weight excluding hydrogens is 372 g/mol. The monoisotopic (exact) mass is 385 g/mol. The molecule has 0 radical (unpaired) electrons. The van der Waals surface area contributed by atoms with Crippen LogP contribution in [0.4, 0.5) is 26.3 Å². The summed E-state index contributed by atoms with van der Waals surface area (Å²) >= 11 is 0. The molecule has 26 heavy (non-hydrogen) atoms. The summed E-state index contributed by atoms with van der Waals surface area (Å²) in [7, 11) is 1.01. The van der Waals surface area contributed by atoms with Crippen LogP contribution in [0.3, 0.4) is 0 Å². The Hall–Kier alpha value is -2.72. The van der Waals surface area contributed by atoms with E-state index >= 15 is 0 Å². The quantitative estimate of drug-likeness (QED) is 0.604. The fourth-order valence-electron chi connectivity index (χ4n) is 1.89. The van der Waals surface area contributed by atoms with E-state index in [1.807, 2.05) is 0 Å². The number of hydrogen-bond donors (Lipinski definition) is 1. The van der Waals surface area contributed by atoms with E-state index in [-0.39, 0.29) is 12.7 Å². The molecule has 1 unspecified atom stereocenters. The molecular formula is C15H13F6NO4. The zero-order chi connectivity index (χ0) is 20.1. The minimum atomic E-state index is -5.40. The lowest BCUT2D eigenvalue weighted by molar-refractivity contribution is -0.175. The highest BCUT2D eigenvalue weighted by Gasteiger charge is 2.42. The van der Waals surface area contributed by atoms with E-state index < -0.39 is 58.9 Å². The first-order valence-electron chi connectivity index (χ1n) is 6.94. The van der Waals surface area contributed by atoms with Gasteiger partial charge in [0.1, 0.15) is 5.82 Å². The van der Waals surface area contributed by atoms with Gasteiger partial charge in [-0.1, -0.05) is 0 Å². The maximum absolute atomic E-state index is 14.0. The highest BCUT2D eigenvalue weighted by molar-refractivity contribution is 5.97. The van der Waals surface area contributed by atoms with E-state index in [9.17, 15) is 35.9 Å². The van der Waals surface area contributed by atoms with Gasteiger partial charge in [-0.2, -0.15) is 13.2 Å². The lowest BCUT2D eigenvalue weighted by atomic mass is 9.98. The molecule has 1 amide bonds. The van der Waals surface area contributed by atoms with Crippen LogP contribution in [0.15, 0.2) is 18.5 Å². The molecule has 1 atom stereocenters. The van der Waals surface area contributed by atoms with E-state index in [2.05, 4.69) is 9.47 Å². The maximum Gasteiger partial charge on any atom is 0.471 e. The van der Waals surface area contributed by atoms with Gasteiger partial charge in [0, 0.05) is 17.2 Å². The third kappa shape index (κ3) is 4.90. The van der Waals surface area contributed by atoms with Crippen molar-refractivity contribution in [3.8, 4) is 5.75 Å². The summed E-state index contributed by atoms with van der Waals surface area (Å²) in [4.78, 5) is 23.0. The number of nitrogens with one attached hydrogen (secondary N) is 1. The fraction of sp³-hybridized carbons (Fsp3) is 0.333. The van der Waals surface area contributed by atoms with Gasteiger partial charge in [0.25, 0.3) is 0 Å². The third-order valence-electron chi connectivity index (χ3n) is 3.04. The van der Waals surface area contributed by atoms with Crippen molar-refractivity contribution in [3.63, 3.8) is 0 Å². The molecule has 144 valence electrons. The van der Waals surface area contributed by atoms with Crippen molar-refractivity contribution in [2.45, 2.75) is 19.1 Å². The number of hydrogen-bond acceptors (Lipinski definition) is 4. The number of methoxy groups -OCH3 is 1. The average molecular weight is 385 g/mol. The summed E-state index contributed by atoms with van der Waals surface area (Å²) in [5.74, 6) is -7.19.